The summed E-state index contributed by atoms with van der Waals surface area (Å²) in [5.74, 6) is -0.392. The zero-order valence-electron chi connectivity index (χ0n) is 12.2. The molecule has 2 heterocycles. The highest BCUT2D eigenvalue weighted by Gasteiger charge is 2.36. The zero-order valence-corrected chi connectivity index (χ0v) is 12.2. The molecule has 1 fully saturated rings. The van der Waals surface area contributed by atoms with Crippen LogP contribution in [0.2, 0.25) is 0 Å². The third-order valence-electron chi connectivity index (χ3n) is 4.63. The number of carboxylic acids is 1. The second-order valence-electron chi connectivity index (χ2n) is 6.11. The summed E-state index contributed by atoms with van der Waals surface area (Å²) in [5, 5.41) is 18.6. The number of aromatic nitrogens is 1. The Morgan fingerprint density at radius 2 is 2.19 bits per heavy atom. The molecule has 21 heavy (non-hydrogen) atoms. The predicted octanol–water partition coefficient (Wildman–Crippen LogP) is 1.99. The van der Waals surface area contributed by atoms with Crippen molar-refractivity contribution in [2.75, 3.05) is 18.0 Å². The molecule has 2 aliphatic rings. The Bertz CT molecular complexity index is 621. The summed E-state index contributed by atoms with van der Waals surface area (Å²) in [6.07, 6.45) is 4.24. The van der Waals surface area contributed by atoms with Gasteiger partial charge in [-0.2, -0.15) is 5.26 Å². The van der Waals surface area contributed by atoms with Crippen molar-refractivity contribution in [2.45, 2.75) is 32.6 Å². The quantitative estimate of drug-likeness (QED) is 0.899. The van der Waals surface area contributed by atoms with Gasteiger partial charge < -0.3 is 10.0 Å². The number of rotatable bonds is 2. The SMILES string of the molecule is C[C@@H]1CN(c2nc3c(cc2C#N)CCCC3)C[C@H]1C(=O)O. The summed E-state index contributed by atoms with van der Waals surface area (Å²) < 4.78 is 0. The minimum atomic E-state index is -0.763. The zero-order chi connectivity index (χ0) is 15.0. The Kier molecular flexibility index (Phi) is 3.54. The molecule has 5 nitrogen and oxygen atoms in total. The monoisotopic (exact) mass is 285 g/mol. The van der Waals surface area contributed by atoms with Gasteiger partial charge in [0.2, 0.25) is 0 Å². The van der Waals surface area contributed by atoms with Gasteiger partial charge in [-0.1, -0.05) is 6.92 Å². The van der Waals surface area contributed by atoms with E-state index in [4.69, 9.17) is 4.98 Å². The van der Waals surface area contributed by atoms with Gasteiger partial charge in [-0.3, -0.25) is 4.79 Å². The number of carbonyl (C=O) groups is 1. The fraction of sp³-hybridized carbons (Fsp3) is 0.562. The van der Waals surface area contributed by atoms with E-state index in [1.165, 1.54) is 5.56 Å². The first-order valence-electron chi connectivity index (χ1n) is 7.50. The Morgan fingerprint density at radius 1 is 1.43 bits per heavy atom. The molecule has 0 spiro atoms. The third-order valence-corrected chi connectivity index (χ3v) is 4.63. The number of nitrogens with zero attached hydrogens (tertiary/aromatic N) is 3. The van der Waals surface area contributed by atoms with Crippen molar-refractivity contribution in [3.63, 3.8) is 0 Å². The molecule has 2 atom stereocenters. The standard InChI is InChI=1S/C16H19N3O2/c1-10-8-19(9-13(10)16(20)21)15-12(7-17)6-11-4-2-3-5-14(11)18-15/h6,10,13H,2-5,8-9H2,1H3,(H,20,21)/t10-,13-/m1/s1. The molecule has 0 aromatic carbocycles. The second-order valence-corrected chi connectivity index (χ2v) is 6.11. The average Bonchev–Trinajstić information content (AvgIpc) is 2.88. The van der Waals surface area contributed by atoms with Crippen LogP contribution >= 0.6 is 0 Å². The van der Waals surface area contributed by atoms with Gasteiger partial charge in [-0.05, 0) is 43.2 Å². The van der Waals surface area contributed by atoms with E-state index in [1.807, 2.05) is 17.9 Å². The van der Waals surface area contributed by atoms with Crippen LogP contribution in [0.15, 0.2) is 6.07 Å². The van der Waals surface area contributed by atoms with E-state index in [1.54, 1.807) is 0 Å². The van der Waals surface area contributed by atoms with E-state index in [9.17, 15) is 15.2 Å². The summed E-state index contributed by atoms with van der Waals surface area (Å²) >= 11 is 0. The van der Waals surface area contributed by atoms with Crippen LogP contribution in [0.3, 0.4) is 0 Å². The van der Waals surface area contributed by atoms with Crippen molar-refractivity contribution < 1.29 is 9.90 Å². The first-order chi connectivity index (χ1) is 10.1. The second kappa shape index (κ2) is 5.36. The number of aliphatic carboxylic acids is 1. The molecule has 1 aliphatic carbocycles. The number of nitriles is 1. The highest BCUT2D eigenvalue weighted by atomic mass is 16.4. The minimum absolute atomic E-state index is 0.0758. The van der Waals surface area contributed by atoms with Crippen LogP contribution in [-0.4, -0.2) is 29.1 Å². The Labute approximate surface area is 124 Å². The molecule has 1 aliphatic heterocycles. The van der Waals surface area contributed by atoms with E-state index in [0.29, 0.717) is 24.5 Å². The lowest BCUT2D eigenvalue weighted by Crippen LogP contribution is -2.25. The molecule has 3 rings (SSSR count). The number of aryl methyl sites for hydroxylation is 2. The minimum Gasteiger partial charge on any atom is -0.481 e. The van der Waals surface area contributed by atoms with Crippen LogP contribution in [0.1, 0.15) is 36.6 Å². The highest BCUT2D eigenvalue weighted by Crippen LogP contribution is 2.32. The van der Waals surface area contributed by atoms with E-state index in [0.717, 1.165) is 31.4 Å². The molecular formula is C16H19N3O2. The van der Waals surface area contributed by atoms with E-state index in [-0.39, 0.29) is 11.8 Å². The van der Waals surface area contributed by atoms with Gasteiger partial charge in [0.25, 0.3) is 0 Å². The molecule has 5 heteroatoms. The number of hydrogen-bond acceptors (Lipinski definition) is 4. The molecule has 0 unspecified atom stereocenters. The summed E-state index contributed by atoms with van der Waals surface area (Å²) in [6, 6.07) is 4.18. The Balaban J connectivity index is 1.95. The van der Waals surface area contributed by atoms with Gasteiger partial charge >= 0.3 is 5.97 Å². The number of hydrogen-bond donors (Lipinski definition) is 1. The lowest BCUT2D eigenvalue weighted by Gasteiger charge is -2.22. The van der Waals surface area contributed by atoms with Crippen molar-refractivity contribution in [3.05, 3.63) is 22.9 Å². The van der Waals surface area contributed by atoms with Crippen LogP contribution < -0.4 is 4.90 Å². The van der Waals surface area contributed by atoms with Crippen LogP contribution in [0.4, 0.5) is 5.82 Å². The lowest BCUT2D eigenvalue weighted by atomic mass is 9.95. The van der Waals surface area contributed by atoms with Gasteiger partial charge in [-0.15, -0.1) is 0 Å². The largest absolute Gasteiger partial charge is 0.481 e. The van der Waals surface area contributed by atoms with Crippen molar-refractivity contribution in [3.8, 4) is 6.07 Å². The van der Waals surface area contributed by atoms with Gasteiger partial charge in [0.15, 0.2) is 0 Å². The molecule has 1 aromatic rings. The van der Waals surface area contributed by atoms with Gasteiger partial charge in [0.05, 0.1) is 11.5 Å². The van der Waals surface area contributed by atoms with Gasteiger partial charge in [0, 0.05) is 18.8 Å². The van der Waals surface area contributed by atoms with Crippen LogP contribution in [0, 0.1) is 23.2 Å². The maximum Gasteiger partial charge on any atom is 0.308 e. The van der Waals surface area contributed by atoms with Crippen LogP contribution in [-0.2, 0) is 17.6 Å². The summed E-state index contributed by atoms with van der Waals surface area (Å²) in [6.45, 7) is 3.04. The van der Waals surface area contributed by atoms with E-state index >= 15 is 0 Å². The number of fused-ring (bicyclic) bond motifs is 1. The number of pyridine rings is 1. The maximum atomic E-state index is 11.3. The number of carboxylic acid groups (broad SMARTS) is 1. The number of anilines is 1. The molecule has 0 bridgehead atoms. The van der Waals surface area contributed by atoms with Gasteiger partial charge in [0.1, 0.15) is 11.9 Å². The van der Waals surface area contributed by atoms with Crippen LogP contribution in [0.25, 0.3) is 0 Å². The normalized spacial score (nSPS) is 24.5. The third kappa shape index (κ3) is 2.46. The van der Waals surface area contributed by atoms with Crippen molar-refractivity contribution in [1.82, 2.24) is 4.98 Å². The van der Waals surface area contributed by atoms with E-state index < -0.39 is 5.97 Å². The van der Waals surface area contributed by atoms with Crippen molar-refractivity contribution >= 4 is 11.8 Å². The van der Waals surface area contributed by atoms with Gasteiger partial charge in [-0.25, -0.2) is 4.98 Å². The Hall–Kier alpha value is -2.09. The molecule has 1 N–H and O–H groups in total. The molecule has 0 radical (unpaired) electrons. The molecule has 1 aromatic heterocycles. The smallest absolute Gasteiger partial charge is 0.308 e. The average molecular weight is 285 g/mol. The summed E-state index contributed by atoms with van der Waals surface area (Å²) in [4.78, 5) is 17.9. The topological polar surface area (TPSA) is 77.2 Å². The summed E-state index contributed by atoms with van der Waals surface area (Å²) in [7, 11) is 0. The van der Waals surface area contributed by atoms with E-state index in [2.05, 4.69) is 6.07 Å². The first-order valence-corrected chi connectivity index (χ1v) is 7.50. The first kappa shape index (κ1) is 13.9. The molecule has 0 amide bonds. The molecular weight excluding hydrogens is 266 g/mol. The highest BCUT2D eigenvalue weighted by molar-refractivity contribution is 5.73. The van der Waals surface area contributed by atoms with Crippen molar-refractivity contribution in [1.29, 1.82) is 5.26 Å². The Morgan fingerprint density at radius 3 is 2.86 bits per heavy atom. The van der Waals surface area contributed by atoms with Crippen molar-refractivity contribution in [2.24, 2.45) is 11.8 Å². The fourth-order valence-electron chi connectivity index (χ4n) is 3.41. The molecule has 0 saturated carbocycles. The maximum absolute atomic E-state index is 11.3. The lowest BCUT2D eigenvalue weighted by molar-refractivity contribution is -0.142. The molecule has 110 valence electrons. The fourth-order valence-corrected chi connectivity index (χ4v) is 3.41. The summed E-state index contributed by atoms with van der Waals surface area (Å²) in [5.41, 5.74) is 2.85. The predicted molar refractivity (Wildman–Crippen MR) is 78.1 cm³/mol. The van der Waals surface area contributed by atoms with Crippen LogP contribution in [0.5, 0.6) is 0 Å². The molecule has 1 saturated heterocycles.